The molecular formula is C7H10BNO5. The van der Waals surface area contributed by atoms with Gasteiger partial charge in [0.2, 0.25) is 0 Å². The molecule has 0 saturated carbocycles. The highest BCUT2D eigenvalue weighted by Crippen LogP contribution is 2.14. The second-order valence-electron chi connectivity index (χ2n) is 2.10. The Balaban J connectivity index is 0.000000500. The minimum absolute atomic E-state index is 0.0509. The average Bonchev–Trinajstić information content (AvgIpc) is 2.19. The van der Waals surface area contributed by atoms with E-state index in [4.69, 9.17) is 20.4 Å². The molecule has 14 heavy (non-hydrogen) atoms. The smallest absolute Gasteiger partial charge is 0.432 e. The maximum absolute atomic E-state index is 10.7. The van der Waals surface area contributed by atoms with Crippen molar-refractivity contribution in [3.63, 3.8) is 0 Å². The summed E-state index contributed by atoms with van der Waals surface area (Å²) in [5, 5.41) is 31.5. The molecule has 0 saturated heterocycles. The quantitative estimate of drug-likeness (QED) is 0.220. The van der Waals surface area contributed by atoms with Gasteiger partial charge in [-0.1, -0.05) is 12.1 Å². The van der Waals surface area contributed by atoms with Crippen LogP contribution in [0.1, 0.15) is 10.4 Å². The Hall–Kier alpha value is -1.57. The summed E-state index contributed by atoms with van der Waals surface area (Å²) in [6.45, 7) is 0. The number of nitrogens with one attached hydrogen (secondary N) is 1. The molecule has 0 heterocycles. The molecule has 0 unspecified atom stereocenters. The van der Waals surface area contributed by atoms with Gasteiger partial charge in [0.25, 0.3) is 5.91 Å². The largest absolute Gasteiger partial charge is 0.507 e. The first-order valence-electron chi connectivity index (χ1n) is 3.61. The molecule has 0 aliphatic rings. The predicted octanol–water partition coefficient (Wildman–Crippen LogP) is -1.25. The maximum atomic E-state index is 10.7. The highest BCUT2D eigenvalue weighted by molar-refractivity contribution is 6.13. The number of amides is 1. The van der Waals surface area contributed by atoms with Crippen molar-refractivity contribution in [1.82, 2.24) is 5.48 Å². The van der Waals surface area contributed by atoms with Crippen molar-refractivity contribution in [3.8, 4) is 5.75 Å². The molecule has 1 aromatic carbocycles. The first-order valence-corrected chi connectivity index (χ1v) is 3.61. The molecule has 1 aromatic rings. The zero-order valence-electron chi connectivity index (χ0n) is 7.21. The van der Waals surface area contributed by atoms with Crippen LogP contribution in [0.3, 0.4) is 0 Å². The highest BCUT2D eigenvalue weighted by Gasteiger charge is 2.07. The van der Waals surface area contributed by atoms with Crippen LogP contribution in [0.4, 0.5) is 0 Å². The van der Waals surface area contributed by atoms with Gasteiger partial charge in [-0.2, -0.15) is 0 Å². The Morgan fingerprint density at radius 1 is 1.29 bits per heavy atom. The molecule has 0 aliphatic heterocycles. The van der Waals surface area contributed by atoms with Gasteiger partial charge in [0, 0.05) is 0 Å². The fourth-order valence-corrected chi connectivity index (χ4v) is 0.726. The van der Waals surface area contributed by atoms with Crippen LogP contribution < -0.4 is 5.48 Å². The van der Waals surface area contributed by atoms with Crippen LogP contribution in [0.25, 0.3) is 0 Å². The van der Waals surface area contributed by atoms with E-state index in [2.05, 4.69) is 0 Å². The molecule has 1 amide bonds. The third-order valence-electron chi connectivity index (χ3n) is 1.25. The van der Waals surface area contributed by atoms with Crippen LogP contribution in [-0.4, -0.2) is 34.0 Å². The lowest BCUT2D eigenvalue weighted by Gasteiger charge is -1.99. The normalized spacial score (nSPS) is 8.21. The van der Waals surface area contributed by atoms with Crippen molar-refractivity contribution in [3.05, 3.63) is 29.8 Å². The van der Waals surface area contributed by atoms with E-state index in [1.54, 1.807) is 12.1 Å². The Kier molecular flexibility index (Phi) is 6.13. The monoisotopic (exact) mass is 199 g/mol. The highest BCUT2D eigenvalue weighted by atomic mass is 16.5. The van der Waals surface area contributed by atoms with E-state index in [1.807, 2.05) is 0 Å². The Morgan fingerprint density at radius 3 is 2.21 bits per heavy atom. The number of para-hydroxylation sites is 1. The Bertz CT molecular complexity index is 293. The number of hydrogen-bond donors (Lipinski definition) is 5. The van der Waals surface area contributed by atoms with Gasteiger partial charge < -0.3 is 15.2 Å². The number of hydroxylamine groups is 1. The predicted molar refractivity (Wildman–Crippen MR) is 48.9 cm³/mol. The molecule has 5 N–H and O–H groups in total. The third-order valence-corrected chi connectivity index (χ3v) is 1.25. The third kappa shape index (κ3) is 3.90. The lowest BCUT2D eigenvalue weighted by atomic mass is 10.2. The first kappa shape index (κ1) is 12.4. The maximum Gasteiger partial charge on any atom is 0.432 e. The van der Waals surface area contributed by atoms with Crippen LogP contribution >= 0.6 is 0 Å². The van der Waals surface area contributed by atoms with Crippen LogP contribution in [0.15, 0.2) is 24.3 Å². The lowest BCUT2D eigenvalue weighted by Crippen LogP contribution is -2.18. The molecule has 7 heteroatoms. The molecule has 1 rings (SSSR count). The van der Waals surface area contributed by atoms with E-state index in [-0.39, 0.29) is 11.3 Å². The van der Waals surface area contributed by atoms with E-state index >= 15 is 0 Å². The van der Waals surface area contributed by atoms with Gasteiger partial charge in [0.05, 0.1) is 5.56 Å². The van der Waals surface area contributed by atoms with Crippen LogP contribution in [-0.2, 0) is 0 Å². The van der Waals surface area contributed by atoms with Gasteiger partial charge in [-0.25, -0.2) is 5.48 Å². The summed E-state index contributed by atoms with van der Waals surface area (Å²) in [5.41, 5.74) is 1.47. The summed E-state index contributed by atoms with van der Waals surface area (Å²) in [7, 11) is -0.750. The Morgan fingerprint density at radius 2 is 1.79 bits per heavy atom. The summed E-state index contributed by atoms with van der Waals surface area (Å²) in [6.07, 6.45) is 0. The fourth-order valence-electron chi connectivity index (χ4n) is 0.726. The first-order chi connectivity index (χ1) is 6.67. The molecule has 0 bridgehead atoms. The number of rotatable bonds is 1. The average molecular weight is 199 g/mol. The van der Waals surface area contributed by atoms with Crippen LogP contribution in [0.2, 0.25) is 0 Å². The van der Waals surface area contributed by atoms with Crippen molar-refractivity contribution in [2.24, 2.45) is 0 Å². The van der Waals surface area contributed by atoms with E-state index in [0.717, 1.165) is 0 Å². The van der Waals surface area contributed by atoms with E-state index in [0.29, 0.717) is 0 Å². The summed E-state index contributed by atoms with van der Waals surface area (Å²) < 4.78 is 0. The lowest BCUT2D eigenvalue weighted by molar-refractivity contribution is 0.0703. The molecule has 76 valence electrons. The van der Waals surface area contributed by atoms with Gasteiger partial charge in [0.1, 0.15) is 5.75 Å². The number of aromatic hydroxyl groups is 1. The van der Waals surface area contributed by atoms with Crippen molar-refractivity contribution in [1.29, 1.82) is 0 Å². The van der Waals surface area contributed by atoms with E-state index < -0.39 is 13.6 Å². The molecule has 0 aliphatic carbocycles. The molecule has 0 atom stereocenters. The fraction of sp³-hybridized carbons (Fsp3) is 0. The minimum Gasteiger partial charge on any atom is -0.507 e. The summed E-state index contributed by atoms with van der Waals surface area (Å²) in [4.78, 5) is 10.7. The van der Waals surface area contributed by atoms with Gasteiger partial charge >= 0.3 is 7.69 Å². The van der Waals surface area contributed by atoms with Crippen LogP contribution in [0.5, 0.6) is 5.75 Å². The molecule has 0 aromatic heterocycles. The summed E-state index contributed by atoms with van der Waals surface area (Å²) >= 11 is 0. The van der Waals surface area contributed by atoms with Crippen molar-refractivity contribution < 1.29 is 25.2 Å². The number of carbonyl (C=O) groups excluding carboxylic acids is 1. The summed E-state index contributed by atoms with van der Waals surface area (Å²) in [6, 6.07) is 5.94. The van der Waals surface area contributed by atoms with E-state index in [1.165, 1.54) is 17.6 Å². The second kappa shape index (κ2) is 6.90. The molecule has 6 nitrogen and oxygen atoms in total. The zero-order chi connectivity index (χ0) is 11.0. The Labute approximate surface area is 80.7 Å². The standard InChI is InChI=1S/C7H7NO3.BH3O2/c9-6-4-2-1-3-5(6)7(10)8-11;2-1-3/h1-4,9,11H,(H,8,10);1-3H. The number of phenols is 1. The SMILES string of the molecule is O=C(NO)c1ccccc1O.OBO. The van der Waals surface area contributed by atoms with Gasteiger partial charge in [-0.05, 0) is 12.1 Å². The molecule has 0 fully saturated rings. The van der Waals surface area contributed by atoms with Gasteiger partial charge in [0.15, 0.2) is 0 Å². The van der Waals surface area contributed by atoms with Crippen molar-refractivity contribution in [2.75, 3.05) is 0 Å². The molecule has 0 spiro atoms. The number of hydrogen-bond acceptors (Lipinski definition) is 5. The van der Waals surface area contributed by atoms with Gasteiger partial charge in [-0.3, -0.25) is 10.0 Å². The van der Waals surface area contributed by atoms with Crippen molar-refractivity contribution >= 4 is 13.6 Å². The molecule has 0 radical (unpaired) electrons. The van der Waals surface area contributed by atoms with Crippen LogP contribution in [0, 0.1) is 0 Å². The zero-order valence-corrected chi connectivity index (χ0v) is 7.21. The topological polar surface area (TPSA) is 110 Å². The number of phenolic OH excluding ortho intramolecular Hbond substituents is 1. The minimum atomic E-state index is -0.750. The number of carbonyl (C=O) groups is 1. The second-order valence-corrected chi connectivity index (χ2v) is 2.10. The molecular weight excluding hydrogens is 189 g/mol. The number of benzene rings is 1. The van der Waals surface area contributed by atoms with E-state index in [9.17, 15) is 4.79 Å². The van der Waals surface area contributed by atoms with Crippen molar-refractivity contribution in [2.45, 2.75) is 0 Å². The summed E-state index contributed by atoms with van der Waals surface area (Å²) in [5.74, 6) is -0.873. The van der Waals surface area contributed by atoms with Gasteiger partial charge in [-0.15, -0.1) is 0 Å².